The Morgan fingerprint density at radius 2 is 1.47 bits per heavy atom. The fourth-order valence-electron chi connectivity index (χ4n) is 13.0. The van der Waals surface area contributed by atoms with E-state index in [-0.39, 0.29) is 6.42 Å². The summed E-state index contributed by atoms with van der Waals surface area (Å²) in [4.78, 5) is 79.7. The average Bonchev–Trinajstić information content (AvgIpc) is 3.32. The fraction of sp³-hybridized carbons (Fsp3) is 0.714. The SMILES string of the molecule is COC(=O)[C@H](OC(C)=O)[C@@H]1C2(C)C3(O)C[C@@]1(C)[C@H](OC(C)=O)C3(O)[C@H]1OC(=O)[C@@H]3O[C@H](c4ccoc4)[C@@]45C[C@@]34[C@]1(O)[C@]2(O)[C@H](OC(C)=O)[C@@H]5OC(C)=O. The monoisotopic (exact) mass is 748 g/mol. The third kappa shape index (κ3) is 3.38. The molecule has 2 saturated heterocycles. The summed E-state index contributed by atoms with van der Waals surface area (Å²) < 4.78 is 45.8. The van der Waals surface area contributed by atoms with E-state index in [1.54, 1.807) is 0 Å². The van der Waals surface area contributed by atoms with Crippen molar-refractivity contribution in [2.24, 2.45) is 27.6 Å². The average molecular weight is 749 g/mol. The van der Waals surface area contributed by atoms with Gasteiger partial charge in [0.2, 0.25) is 6.10 Å². The lowest BCUT2D eigenvalue weighted by molar-refractivity contribution is -0.461. The number of carbonyl (C=O) groups is 6. The van der Waals surface area contributed by atoms with Gasteiger partial charge >= 0.3 is 35.8 Å². The van der Waals surface area contributed by atoms with Crippen molar-refractivity contribution in [2.75, 3.05) is 7.11 Å². The Hall–Kier alpha value is -4.10. The Morgan fingerprint density at radius 1 is 0.849 bits per heavy atom. The van der Waals surface area contributed by atoms with Crippen LogP contribution in [0.5, 0.6) is 0 Å². The maximum Gasteiger partial charge on any atom is 0.347 e. The van der Waals surface area contributed by atoms with Crippen LogP contribution in [0.15, 0.2) is 23.0 Å². The molecule has 5 saturated carbocycles. The molecular formula is C35H40O18. The van der Waals surface area contributed by atoms with E-state index in [0.717, 1.165) is 34.8 Å². The number of aliphatic hydroxyl groups is 4. The molecule has 288 valence electrons. The van der Waals surface area contributed by atoms with Gasteiger partial charge in [-0.25, -0.2) is 9.59 Å². The minimum Gasteiger partial charge on any atom is -0.472 e. The van der Waals surface area contributed by atoms with Gasteiger partial charge in [-0.2, -0.15) is 0 Å². The number of furan rings is 1. The minimum absolute atomic E-state index is 0.282. The molecule has 1 aromatic rings. The van der Waals surface area contributed by atoms with E-state index in [0.29, 0.717) is 5.56 Å². The van der Waals surface area contributed by atoms with Gasteiger partial charge in [0.25, 0.3) is 0 Å². The van der Waals surface area contributed by atoms with Crippen molar-refractivity contribution in [1.82, 2.24) is 0 Å². The Morgan fingerprint density at radius 3 is 2.02 bits per heavy atom. The largest absolute Gasteiger partial charge is 0.472 e. The number of hydrogen-bond donors (Lipinski definition) is 4. The highest BCUT2D eigenvalue weighted by molar-refractivity contribution is 5.84. The van der Waals surface area contributed by atoms with Crippen LogP contribution in [-0.4, -0.2) is 122 Å². The highest BCUT2D eigenvalue weighted by Gasteiger charge is 3.09. The highest BCUT2D eigenvalue weighted by Crippen LogP contribution is 2.93. The van der Waals surface area contributed by atoms with E-state index >= 15 is 0 Å². The van der Waals surface area contributed by atoms with Gasteiger partial charge in [-0.1, -0.05) is 13.8 Å². The molecule has 1 spiro atoms. The summed E-state index contributed by atoms with van der Waals surface area (Å²) in [6.45, 7) is 6.59. The van der Waals surface area contributed by atoms with Crippen molar-refractivity contribution >= 4 is 35.8 Å². The zero-order valence-corrected chi connectivity index (χ0v) is 29.8. The van der Waals surface area contributed by atoms with Gasteiger partial charge in [0.05, 0.1) is 36.6 Å². The molecule has 2 bridgehead atoms. The molecular weight excluding hydrogens is 708 g/mol. The van der Waals surface area contributed by atoms with Crippen LogP contribution in [-0.2, 0) is 61.9 Å². The van der Waals surface area contributed by atoms with E-state index in [1.807, 2.05) is 0 Å². The van der Waals surface area contributed by atoms with Crippen molar-refractivity contribution in [1.29, 1.82) is 0 Å². The van der Waals surface area contributed by atoms with E-state index < -0.39 is 135 Å². The first-order chi connectivity index (χ1) is 24.6. The smallest absolute Gasteiger partial charge is 0.347 e. The quantitative estimate of drug-likeness (QED) is 0.191. The van der Waals surface area contributed by atoms with Crippen LogP contribution in [0.25, 0.3) is 0 Å². The standard InChI is InChI=1S/C35H40O18/c1-13(36)48-18(24(40)46-7)19-28(5)11-32(42)29(19,6)34(44)22(50-15(3)38)21(49-14(2)37)30-12-31(30)23(52-20(30)17-8-9-47-10-17)25(41)53-27(35(31,34)45)33(32,43)26(28)51-16(4)39/h8-10,18-23,26-27,42-45H,11-12H2,1-7H3/t18-,19+,20-,21+,22-,23+,26+,27-,28-,29?,30-,31-,32?,33?,34+,35+/m1/s1. The summed E-state index contributed by atoms with van der Waals surface area (Å²) in [5.41, 5.74) is -20.0. The molecule has 0 radical (unpaired) electrons. The van der Waals surface area contributed by atoms with Crippen molar-refractivity contribution in [3.05, 3.63) is 24.2 Å². The second-order valence-electron chi connectivity index (χ2n) is 16.1. The number of methoxy groups -OCH3 is 1. The predicted molar refractivity (Wildman–Crippen MR) is 164 cm³/mol. The zero-order valence-electron chi connectivity index (χ0n) is 29.8. The van der Waals surface area contributed by atoms with Crippen LogP contribution in [0.4, 0.5) is 0 Å². The molecule has 16 atom stereocenters. The first-order valence-electron chi connectivity index (χ1n) is 17.1. The van der Waals surface area contributed by atoms with Crippen molar-refractivity contribution in [3.63, 3.8) is 0 Å². The lowest BCUT2D eigenvalue weighted by Crippen LogP contribution is -2.98. The lowest BCUT2D eigenvalue weighted by Gasteiger charge is -2.77. The molecule has 5 aliphatic carbocycles. The van der Waals surface area contributed by atoms with Gasteiger partial charge in [0.15, 0.2) is 30.0 Å². The Bertz CT molecular complexity index is 1880. The summed E-state index contributed by atoms with van der Waals surface area (Å²) in [6.07, 6.45) is -11.6. The number of carbonyl (C=O) groups excluding carboxylic acids is 6. The molecule has 53 heavy (non-hydrogen) atoms. The third-order valence-corrected chi connectivity index (χ3v) is 14.2. The van der Waals surface area contributed by atoms with Crippen molar-refractivity contribution < 1.29 is 86.8 Å². The van der Waals surface area contributed by atoms with Crippen LogP contribution in [0, 0.1) is 27.6 Å². The molecule has 3 unspecified atom stereocenters. The molecule has 18 nitrogen and oxygen atoms in total. The summed E-state index contributed by atoms with van der Waals surface area (Å²) in [7, 11) is 0.984. The van der Waals surface area contributed by atoms with Crippen LogP contribution in [0.3, 0.4) is 0 Å². The number of rotatable bonds is 7. The van der Waals surface area contributed by atoms with Crippen molar-refractivity contribution in [3.8, 4) is 0 Å². The Kier molecular flexibility index (Phi) is 6.87. The molecule has 3 heterocycles. The molecule has 8 rings (SSSR count). The molecule has 7 aliphatic rings. The highest BCUT2D eigenvalue weighted by atomic mass is 16.6. The minimum atomic E-state index is -3.19. The first-order valence-corrected chi connectivity index (χ1v) is 17.1. The Labute approximate surface area is 300 Å². The molecule has 4 N–H and O–H groups in total. The first kappa shape index (κ1) is 35.9. The van der Waals surface area contributed by atoms with E-state index in [4.69, 9.17) is 37.6 Å². The lowest BCUT2D eigenvalue weighted by atomic mass is 9.33. The number of hydrogen-bond acceptors (Lipinski definition) is 18. The van der Waals surface area contributed by atoms with Gasteiger partial charge in [-0.3, -0.25) is 19.2 Å². The molecule has 7 fully saturated rings. The zero-order chi connectivity index (χ0) is 38.9. The van der Waals surface area contributed by atoms with Gasteiger partial charge in [0, 0.05) is 50.0 Å². The number of fused-ring (bicyclic) bond motifs is 3. The Balaban J connectivity index is 1.52. The van der Waals surface area contributed by atoms with Gasteiger partial charge in [-0.15, -0.1) is 0 Å². The predicted octanol–water partition coefficient (Wildman–Crippen LogP) is -1.08. The second-order valence-corrected chi connectivity index (χ2v) is 16.1. The number of esters is 6. The summed E-state index contributed by atoms with van der Waals surface area (Å²) in [6, 6.07) is 1.50. The van der Waals surface area contributed by atoms with E-state index in [1.165, 1.54) is 32.4 Å². The topological polar surface area (TPSA) is 261 Å². The number of ether oxygens (including phenoxy) is 7. The van der Waals surface area contributed by atoms with Crippen LogP contribution in [0.1, 0.15) is 66.1 Å². The molecule has 1 aromatic heterocycles. The van der Waals surface area contributed by atoms with Gasteiger partial charge in [-0.05, 0) is 18.9 Å². The van der Waals surface area contributed by atoms with Gasteiger partial charge in [0.1, 0.15) is 22.9 Å². The molecule has 0 amide bonds. The third-order valence-electron chi connectivity index (χ3n) is 14.2. The van der Waals surface area contributed by atoms with E-state index in [9.17, 15) is 49.2 Å². The summed E-state index contributed by atoms with van der Waals surface area (Å²) >= 11 is 0. The maximum absolute atomic E-state index is 14.2. The van der Waals surface area contributed by atoms with Crippen LogP contribution < -0.4 is 0 Å². The van der Waals surface area contributed by atoms with Crippen molar-refractivity contribution in [2.45, 2.75) is 120 Å². The molecule has 18 heteroatoms. The van der Waals surface area contributed by atoms with E-state index in [2.05, 4.69) is 0 Å². The summed E-state index contributed by atoms with van der Waals surface area (Å²) in [5.74, 6) is -8.08. The normalized spacial score (nSPS) is 50.8. The maximum atomic E-state index is 14.2. The van der Waals surface area contributed by atoms with Crippen LogP contribution >= 0.6 is 0 Å². The fourth-order valence-corrected chi connectivity index (χ4v) is 13.0. The van der Waals surface area contributed by atoms with Crippen LogP contribution in [0.2, 0.25) is 0 Å². The van der Waals surface area contributed by atoms with Gasteiger partial charge < -0.3 is 58.0 Å². The second kappa shape index (κ2) is 10.1. The molecule has 0 aromatic carbocycles. The molecule has 2 aliphatic heterocycles. The summed E-state index contributed by atoms with van der Waals surface area (Å²) in [5, 5.41) is 54.4.